The van der Waals surface area contributed by atoms with E-state index in [2.05, 4.69) is 0 Å². The molecule has 3 rings (SSSR count). The number of carbonyl (C=O) groups excluding carboxylic acids is 1. The van der Waals surface area contributed by atoms with Gasteiger partial charge in [-0.05, 0) is 31.2 Å². The standard InChI is InChI=1S/C20H22O6/c1-10-17-13(11(2)21)6-7-14(23-3)20(17)26-19(10)12-8-15(24-4)18(22)16(9-12)25-5/h6-10,19,22H,1-5H3. The van der Waals surface area contributed by atoms with Gasteiger partial charge >= 0.3 is 0 Å². The molecular weight excluding hydrogens is 336 g/mol. The molecule has 0 bridgehead atoms. The van der Waals surface area contributed by atoms with Gasteiger partial charge in [-0.3, -0.25) is 4.79 Å². The molecule has 1 heterocycles. The van der Waals surface area contributed by atoms with Gasteiger partial charge in [0.25, 0.3) is 0 Å². The van der Waals surface area contributed by atoms with E-state index < -0.39 is 0 Å². The molecule has 0 saturated heterocycles. The van der Waals surface area contributed by atoms with Gasteiger partial charge in [0, 0.05) is 22.6 Å². The van der Waals surface area contributed by atoms with Crippen LogP contribution in [0, 0.1) is 0 Å². The molecule has 2 atom stereocenters. The Kier molecular flexibility index (Phi) is 4.68. The number of phenolic OH excluding ortho intramolecular Hbond substituents is 1. The highest BCUT2D eigenvalue weighted by atomic mass is 16.5. The van der Waals surface area contributed by atoms with Crippen LogP contribution in [0.2, 0.25) is 0 Å². The van der Waals surface area contributed by atoms with Crippen LogP contribution in [-0.4, -0.2) is 32.2 Å². The number of ether oxygens (including phenoxy) is 4. The molecule has 2 aromatic carbocycles. The molecule has 0 saturated carbocycles. The maximum atomic E-state index is 12.1. The lowest BCUT2D eigenvalue weighted by atomic mass is 9.88. The fraction of sp³-hybridized carbons (Fsp3) is 0.350. The van der Waals surface area contributed by atoms with Crippen LogP contribution in [0.1, 0.15) is 47.4 Å². The average Bonchev–Trinajstić information content (AvgIpc) is 2.98. The van der Waals surface area contributed by atoms with Crippen LogP contribution in [0.4, 0.5) is 0 Å². The molecule has 0 radical (unpaired) electrons. The Labute approximate surface area is 152 Å². The SMILES string of the molecule is COc1cc(C2Oc3c(OC)ccc(C(C)=O)c3C2C)cc(OC)c1O. The number of carbonyl (C=O) groups is 1. The van der Waals surface area contributed by atoms with Crippen molar-refractivity contribution in [3.8, 4) is 28.7 Å². The largest absolute Gasteiger partial charge is 0.502 e. The Morgan fingerprint density at radius 3 is 2.12 bits per heavy atom. The van der Waals surface area contributed by atoms with Gasteiger partial charge in [-0.2, -0.15) is 0 Å². The molecule has 6 heteroatoms. The number of fused-ring (bicyclic) bond motifs is 1. The molecule has 2 unspecified atom stereocenters. The van der Waals surface area contributed by atoms with Crippen molar-refractivity contribution >= 4 is 5.78 Å². The molecule has 0 fully saturated rings. The number of hydrogen-bond donors (Lipinski definition) is 1. The summed E-state index contributed by atoms with van der Waals surface area (Å²) in [5.41, 5.74) is 2.22. The minimum atomic E-state index is -0.372. The van der Waals surface area contributed by atoms with E-state index >= 15 is 0 Å². The number of phenols is 1. The number of aromatic hydroxyl groups is 1. The Morgan fingerprint density at radius 2 is 1.62 bits per heavy atom. The third-order valence-electron chi connectivity index (χ3n) is 4.74. The van der Waals surface area contributed by atoms with Gasteiger partial charge in [0.1, 0.15) is 6.10 Å². The van der Waals surface area contributed by atoms with E-state index in [0.717, 1.165) is 11.1 Å². The van der Waals surface area contributed by atoms with Crippen LogP contribution < -0.4 is 18.9 Å². The first-order valence-electron chi connectivity index (χ1n) is 8.26. The van der Waals surface area contributed by atoms with Gasteiger partial charge in [-0.1, -0.05) is 6.92 Å². The Balaban J connectivity index is 2.12. The molecule has 1 N–H and O–H groups in total. The number of methoxy groups -OCH3 is 3. The maximum Gasteiger partial charge on any atom is 0.200 e. The predicted octanol–water partition coefficient (Wildman–Crippen LogP) is 3.86. The molecule has 26 heavy (non-hydrogen) atoms. The van der Waals surface area contributed by atoms with Gasteiger partial charge in [0.2, 0.25) is 5.75 Å². The monoisotopic (exact) mass is 358 g/mol. The first-order valence-corrected chi connectivity index (χ1v) is 8.26. The second-order valence-corrected chi connectivity index (χ2v) is 6.22. The fourth-order valence-electron chi connectivity index (χ4n) is 3.44. The summed E-state index contributed by atoms with van der Waals surface area (Å²) in [6, 6.07) is 6.93. The van der Waals surface area contributed by atoms with E-state index in [0.29, 0.717) is 28.6 Å². The zero-order valence-electron chi connectivity index (χ0n) is 15.5. The summed E-state index contributed by atoms with van der Waals surface area (Å²) in [6.07, 6.45) is -0.372. The predicted molar refractivity (Wildman–Crippen MR) is 96.0 cm³/mol. The topological polar surface area (TPSA) is 74.2 Å². The average molecular weight is 358 g/mol. The van der Waals surface area contributed by atoms with Gasteiger partial charge in [-0.25, -0.2) is 0 Å². The van der Waals surface area contributed by atoms with Crippen molar-refractivity contribution in [1.82, 2.24) is 0 Å². The summed E-state index contributed by atoms with van der Waals surface area (Å²) in [5.74, 6) is 1.55. The molecule has 138 valence electrons. The summed E-state index contributed by atoms with van der Waals surface area (Å²) >= 11 is 0. The lowest BCUT2D eigenvalue weighted by molar-refractivity contribution is 0.101. The summed E-state index contributed by atoms with van der Waals surface area (Å²) in [6.45, 7) is 3.53. The van der Waals surface area contributed by atoms with Crippen LogP contribution in [-0.2, 0) is 0 Å². The van der Waals surface area contributed by atoms with Crippen molar-refractivity contribution in [2.24, 2.45) is 0 Å². The van der Waals surface area contributed by atoms with Gasteiger partial charge in [0.05, 0.1) is 21.3 Å². The molecule has 1 aliphatic heterocycles. The molecule has 0 aliphatic carbocycles. The minimum Gasteiger partial charge on any atom is -0.502 e. The smallest absolute Gasteiger partial charge is 0.200 e. The van der Waals surface area contributed by atoms with Crippen LogP contribution in [0.25, 0.3) is 0 Å². The Morgan fingerprint density at radius 1 is 1.04 bits per heavy atom. The molecule has 0 amide bonds. The number of ketones is 1. The van der Waals surface area contributed by atoms with Crippen molar-refractivity contribution in [2.75, 3.05) is 21.3 Å². The second-order valence-electron chi connectivity index (χ2n) is 6.22. The van der Waals surface area contributed by atoms with Gasteiger partial charge in [0.15, 0.2) is 28.8 Å². The van der Waals surface area contributed by atoms with Crippen LogP contribution >= 0.6 is 0 Å². The number of Topliss-reactive ketones (excluding diaryl/α,β-unsaturated/α-hetero) is 1. The highest BCUT2D eigenvalue weighted by Crippen LogP contribution is 2.53. The molecular formula is C20H22O6. The van der Waals surface area contributed by atoms with Crippen molar-refractivity contribution < 1.29 is 28.8 Å². The zero-order valence-corrected chi connectivity index (χ0v) is 15.5. The van der Waals surface area contributed by atoms with Crippen LogP contribution in [0.15, 0.2) is 24.3 Å². The van der Waals surface area contributed by atoms with E-state index in [9.17, 15) is 9.90 Å². The third-order valence-corrected chi connectivity index (χ3v) is 4.74. The zero-order chi connectivity index (χ0) is 19.0. The Bertz CT molecular complexity index is 833. The van der Waals surface area contributed by atoms with E-state index in [1.807, 2.05) is 6.92 Å². The van der Waals surface area contributed by atoms with Crippen LogP contribution in [0.5, 0.6) is 28.7 Å². The quantitative estimate of drug-likeness (QED) is 0.818. The van der Waals surface area contributed by atoms with E-state index in [-0.39, 0.29) is 23.6 Å². The van der Waals surface area contributed by atoms with Gasteiger partial charge < -0.3 is 24.1 Å². The Hall–Kier alpha value is -2.89. The lowest BCUT2D eigenvalue weighted by Gasteiger charge is -2.19. The third kappa shape index (κ3) is 2.71. The summed E-state index contributed by atoms with van der Waals surface area (Å²) in [7, 11) is 4.52. The summed E-state index contributed by atoms with van der Waals surface area (Å²) in [4.78, 5) is 12.1. The van der Waals surface area contributed by atoms with Crippen LogP contribution in [0.3, 0.4) is 0 Å². The van der Waals surface area contributed by atoms with Crippen molar-refractivity contribution in [2.45, 2.75) is 25.9 Å². The minimum absolute atomic E-state index is 0.0270. The number of rotatable bonds is 5. The van der Waals surface area contributed by atoms with Crippen molar-refractivity contribution in [3.63, 3.8) is 0 Å². The maximum absolute atomic E-state index is 12.1. The molecule has 1 aliphatic rings. The van der Waals surface area contributed by atoms with Gasteiger partial charge in [-0.15, -0.1) is 0 Å². The fourth-order valence-corrected chi connectivity index (χ4v) is 3.44. The van der Waals surface area contributed by atoms with E-state index in [1.165, 1.54) is 21.1 Å². The highest BCUT2D eigenvalue weighted by Gasteiger charge is 2.38. The molecule has 0 aromatic heterocycles. The molecule has 6 nitrogen and oxygen atoms in total. The first-order chi connectivity index (χ1) is 12.4. The lowest BCUT2D eigenvalue weighted by Crippen LogP contribution is -2.09. The van der Waals surface area contributed by atoms with Crippen molar-refractivity contribution in [3.05, 3.63) is 41.0 Å². The number of benzene rings is 2. The summed E-state index contributed by atoms with van der Waals surface area (Å²) in [5, 5.41) is 10.1. The number of hydrogen-bond acceptors (Lipinski definition) is 6. The molecule has 2 aromatic rings. The van der Waals surface area contributed by atoms with E-state index in [4.69, 9.17) is 18.9 Å². The summed E-state index contributed by atoms with van der Waals surface area (Å²) < 4.78 is 22.1. The first kappa shape index (κ1) is 17.9. The second kappa shape index (κ2) is 6.78. The normalized spacial score (nSPS) is 18.0. The highest BCUT2D eigenvalue weighted by molar-refractivity contribution is 5.97. The van der Waals surface area contributed by atoms with Crippen molar-refractivity contribution in [1.29, 1.82) is 0 Å². The van der Waals surface area contributed by atoms with E-state index in [1.54, 1.807) is 31.4 Å². The molecule has 0 spiro atoms.